The monoisotopic (exact) mass is 177 g/mol. The number of hydrogen-bond acceptors (Lipinski definition) is 4. The predicted octanol–water partition coefficient (Wildman–Crippen LogP) is -0.942. The van der Waals surface area contributed by atoms with Gasteiger partial charge in [-0.3, -0.25) is 4.79 Å². The second-order valence-electron chi connectivity index (χ2n) is 2.35. The fourth-order valence-corrected chi connectivity index (χ4v) is 0.602. The lowest BCUT2D eigenvalue weighted by molar-refractivity contribution is -0.139. The second-order valence-corrected chi connectivity index (χ2v) is 2.35. The number of aliphatic hydroxyl groups excluding tert-OH is 1. The number of carboxylic acids is 1. The molecule has 0 bridgehead atoms. The first-order valence-electron chi connectivity index (χ1n) is 3.83. The van der Waals surface area contributed by atoms with Crippen molar-refractivity contribution in [1.29, 1.82) is 0 Å². The molecule has 72 valence electrons. The molecule has 0 saturated heterocycles. The summed E-state index contributed by atoms with van der Waals surface area (Å²) in [6.07, 6.45) is 0. The molecule has 0 aromatic rings. The molecule has 0 saturated carbocycles. The van der Waals surface area contributed by atoms with Crippen molar-refractivity contribution in [2.75, 3.05) is 26.4 Å². The fourth-order valence-electron chi connectivity index (χ4n) is 0.602. The Kier molecular flexibility index (Phi) is 6.64. The third-order valence-electron chi connectivity index (χ3n) is 1.30. The average Bonchev–Trinajstić information content (AvgIpc) is 2.03. The highest BCUT2D eigenvalue weighted by Gasteiger charge is 2.07. The number of ether oxygens (including phenoxy) is 1. The molecule has 1 atom stereocenters. The van der Waals surface area contributed by atoms with Crippen molar-refractivity contribution in [3.63, 3.8) is 0 Å². The van der Waals surface area contributed by atoms with E-state index in [0.29, 0.717) is 19.8 Å². The Labute approximate surface area is 71.3 Å². The van der Waals surface area contributed by atoms with Crippen LogP contribution in [0, 0.1) is 0 Å². The van der Waals surface area contributed by atoms with E-state index in [1.165, 1.54) is 0 Å². The number of aliphatic carboxylic acids is 1. The third kappa shape index (κ3) is 6.09. The first-order chi connectivity index (χ1) is 5.68. The van der Waals surface area contributed by atoms with Gasteiger partial charge in [-0.05, 0) is 6.92 Å². The Balaban J connectivity index is 3.14. The van der Waals surface area contributed by atoms with Gasteiger partial charge in [0.15, 0.2) is 0 Å². The molecule has 0 amide bonds. The van der Waals surface area contributed by atoms with Crippen molar-refractivity contribution in [2.24, 2.45) is 0 Å². The van der Waals surface area contributed by atoms with Gasteiger partial charge in [0.25, 0.3) is 0 Å². The molecule has 0 aliphatic heterocycles. The van der Waals surface area contributed by atoms with E-state index < -0.39 is 12.0 Å². The lowest BCUT2D eigenvalue weighted by atomic mass is 10.3. The summed E-state index contributed by atoms with van der Waals surface area (Å²) in [5.74, 6) is -0.878. The molecule has 5 nitrogen and oxygen atoms in total. The lowest BCUT2D eigenvalue weighted by Gasteiger charge is -2.08. The molecular formula is C7H15NO4. The standard InChI is InChI=1S/C7H15NO4/c1-6(7(10)11)8-2-4-12-5-3-9/h6,8-9H,2-5H2,1H3,(H,10,11)/t6-/m0/s1. The van der Waals surface area contributed by atoms with E-state index in [1.54, 1.807) is 6.92 Å². The van der Waals surface area contributed by atoms with Crippen LogP contribution in [-0.2, 0) is 9.53 Å². The van der Waals surface area contributed by atoms with Crippen molar-refractivity contribution < 1.29 is 19.7 Å². The van der Waals surface area contributed by atoms with Gasteiger partial charge in [0.1, 0.15) is 6.04 Å². The zero-order chi connectivity index (χ0) is 9.40. The summed E-state index contributed by atoms with van der Waals surface area (Å²) in [4.78, 5) is 10.3. The zero-order valence-corrected chi connectivity index (χ0v) is 7.12. The molecule has 0 heterocycles. The van der Waals surface area contributed by atoms with E-state index in [4.69, 9.17) is 14.9 Å². The van der Waals surface area contributed by atoms with E-state index in [-0.39, 0.29) is 6.61 Å². The summed E-state index contributed by atoms with van der Waals surface area (Å²) in [5, 5.41) is 19.5. The fraction of sp³-hybridized carbons (Fsp3) is 0.857. The zero-order valence-electron chi connectivity index (χ0n) is 7.12. The van der Waals surface area contributed by atoms with Gasteiger partial charge in [-0.1, -0.05) is 0 Å². The second kappa shape index (κ2) is 7.02. The van der Waals surface area contributed by atoms with Crippen LogP contribution in [0.3, 0.4) is 0 Å². The van der Waals surface area contributed by atoms with Crippen molar-refractivity contribution in [1.82, 2.24) is 5.32 Å². The van der Waals surface area contributed by atoms with Crippen LogP contribution in [0.4, 0.5) is 0 Å². The Morgan fingerprint density at radius 1 is 1.58 bits per heavy atom. The van der Waals surface area contributed by atoms with Crippen molar-refractivity contribution in [3.05, 3.63) is 0 Å². The van der Waals surface area contributed by atoms with Gasteiger partial charge in [0.05, 0.1) is 19.8 Å². The van der Waals surface area contributed by atoms with Gasteiger partial charge < -0.3 is 20.3 Å². The van der Waals surface area contributed by atoms with Crippen LogP contribution in [0.5, 0.6) is 0 Å². The maximum atomic E-state index is 10.3. The van der Waals surface area contributed by atoms with Crippen LogP contribution in [0.15, 0.2) is 0 Å². The summed E-state index contributed by atoms with van der Waals surface area (Å²) in [6, 6.07) is -0.553. The van der Waals surface area contributed by atoms with E-state index in [0.717, 1.165) is 0 Å². The lowest BCUT2D eigenvalue weighted by Crippen LogP contribution is -2.35. The quantitative estimate of drug-likeness (QED) is 0.437. The Hall–Kier alpha value is -0.650. The normalized spacial score (nSPS) is 12.8. The Morgan fingerprint density at radius 2 is 2.25 bits per heavy atom. The summed E-state index contributed by atoms with van der Waals surface area (Å²) in [6.45, 7) is 2.75. The molecule has 12 heavy (non-hydrogen) atoms. The molecule has 5 heteroatoms. The highest BCUT2D eigenvalue weighted by atomic mass is 16.5. The van der Waals surface area contributed by atoms with Crippen molar-refractivity contribution in [2.45, 2.75) is 13.0 Å². The van der Waals surface area contributed by atoms with Crippen LogP contribution in [0.2, 0.25) is 0 Å². The summed E-state index contributed by atoms with van der Waals surface area (Å²) < 4.78 is 4.91. The topological polar surface area (TPSA) is 78.8 Å². The van der Waals surface area contributed by atoms with Gasteiger partial charge in [0, 0.05) is 6.54 Å². The number of aliphatic hydroxyl groups is 1. The van der Waals surface area contributed by atoms with Crippen molar-refractivity contribution >= 4 is 5.97 Å². The van der Waals surface area contributed by atoms with E-state index >= 15 is 0 Å². The van der Waals surface area contributed by atoms with Crippen molar-refractivity contribution in [3.8, 4) is 0 Å². The molecule has 0 aromatic heterocycles. The molecule has 0 unspecified atom stereocenters. The third-order valence-corrected chi connectivity index (χ3v) is 1.30. The van der Waals surface area contributed by atoms with Gasteiger partial charge in [-0.15, -0.1) is 0 Å². The summed E-state index contributed by atoms with van der Waals surface area (Å²) >= 11 is 0. The molecule has 0 aliphatic carbocycles. The molecule has 0 spiro atoms. The Bertz CT molecular complexity index is 129. The molecule has 0 radical (unpaired) electrons. The SMILES string of the molecule is C[C@H](NCCOCCO)C(=O)O. The van der Waals surface area contributed by atoms with Crippen LogP contribution in [0.1, 0.15) is 6.92 Å². The molecule has 0 aliphatic rings. The summed E-state index contributed by atoms with van der Waals surface area (Å²) in [7, 11) is 0. The first kappa shape index (κ1) is 11.4. The van der Waals surface area contributed by atoms with Gasteiger partial charge in [0.2, 0.25) is 0 Å². The first-order valence-corrected chi connectivity index (χ1v) is 3.83. The number of nitrogens with one attached hydrogen (secondary N) is 1. The van der Waals surface area contributed by atoms with E-state index in [1.807, 2.05) is 0 Å². The molecule has 0 fully saturated rings. The van der Waals surface area contributed by atoms with Crippen LogP contribution in [0.25, 0.3) is 0 Å². The van der Waals surface area contributed by atoms with E-state index in [9.17, 15) is 4.79 Å². The summed E-state index contributed by atoms with van der Waals surface area (Å²) in [5.41, 5.74) is 0. The number of carbonyl (C=O) groups is 1. The highest BCUT2D eigenvalue weighted by molar-refractivity contribution is 5.72. The number of carboxylic acid groups (broad SMARTS) is 1. The Morgan fingerprint density at radius 3 is 2.75 bits per heavy atom. The highest BCUT2D eigenvalue weighted by Crippen LogP contribution is 1.80. The maximum Gasteiger partial charge on any atom is 0.320 e. The largest absolute Gasteiger partial charge is 0.480 e. The van der Waals surface area contributed by atoms with Gasteiger partial charge in [-0.25, -0.2) is 0 Å². The molecule has 0 rings (SSSR count). The predicted molar refractivity (Wildman–Crippen MR) is 43.0 cm³/mol. The van der Waals surface area contributed by atoms with Gasteiger partial charge >= 0.3 is 5.97 Å². The van der Waals surface area contributed by atoms with E-state index in [2.05, 4.69) is 5.32 Å². The minimum atomic E-state index is -0.878. The maximum absolute atomic E-state index is 10.3. The molecule has 3 N–H and O–H groups in total. The minimum Gasteiger partial charge on any atom is -0.480 e. The molecule has 0 aromatic carbocycles. The van der Waals surface area contributed by atoms with Gasteiger partial charge in [-0.2, -0.15) is 0 Å². The number of rotatable bonds is 7. The average molecular weight is 177 g/mol. The van der Waals surface area contributed by atoms with Crippen LogP contribution >= 0.6 is 0 Å². The minimum absolute atomic E-state index is 0.00547. The number of hydrogen-bond donors (Lipinski definition) is 3. The van der Waals surface area contributed by atoms with Crippen LogP contribution in [-0.4, -0.2) is 48.6 Å². The van der Waals surface area contributed by atoms with Crippen LogP contribution < -0.4 is 5.32 Å². The molecular weight excluding hydrogens is 162 g/mol. The smallest absolute Gasteiger partial charge is 0.320 e.